The molecule has 0 aliphatic heterocycles. The fourth-order valence-electron chi connectivity index (χ4n) is 2.63. The van der Waals surface area contributed by atoms with Crippen molar-refractivity contribution in [3.05, 3.63) is 60.2 Å². The van der Waals surface area contributed by atoms with Crippen LogP contribution in [0.25, 0.3) is 0 Å². The maximum Gasteiger partial charge on any atom is 0.318 e. The summed E-state index contributed by atoms with van der Waals surface area (Å²) in [5.41, 5.74) is 0.155. The zero-order valence-electron chi connectivity index (χ0n) is 15.5. The molecule has 0 bridgehead atoms. The summed E-state index contributed by atoms with van der Waals surface area (Å²) in [6.07, 6.45) is 5.43. The Morgan fingerprint density at radius 1 is 0.786 bits per heavy atom. The molecule has 8 heteroatoms. The van der Waals surface area contributed by atoms with Crippen molar-refractivity contribution in [1.82, 2.24) is 9.97 Å². The molecule has 2 atom stereocenters. The quantitative estimate of drug-likeness (QED) is 0.366. The average Bonchev–Trinajstić information content (AvgIpc) is 2.72. The number of ketones is 2. The molecule has 2 rings (SSSR count). The number of aromatic nitrogens is 2. The van der Waals surface area contributed by atoms with E-state index in [-0.39, 0.29) is 24.3 Å². The number of carbonyl (C=O) groups is 4. The van der Waals surface area contributed by atoms with E-state index in [4.69, 9.17) is 9.47 Å². The number of pyridine rings is 2. The highest BCUT2D eigenvalue weighted by Gasteiger charge is 2.46. The van der Waals surface area contributed by atoms with Crippen LogP contribution in [0.3, 0.4) is 0 Å². The molecule has 0 saturated heterocycles. The van der Waals surface area contributed by atoms with E-state index in [1.807, 2.05) is 0 Å². The Labute approximate surface area is 161 Å². The van der Waals surface area contributed by atoms with E-state index < -0.39 is 35.3 Å². The van der Waals surface area contributed by atoms with Gasteiger partial charge in [-0.2, -0.15) is 0 Å². The summed E-state index contributed by atoms with van der Waals surface area (Å²) in [4.78, 5) is 59.0. The average molecular weight is 384 g/mol. The number of nitrogens with zero attached hydrogens (tertiary/aromatic N) is 2. The second-order valence-corrected chi connectivity index (χ2v) is 5.67. The minimum Gasteiger partial charge on any atom is -0.465 e. The van der Waals surface area contributed by atoms with Gasteiger partial charge in [0.2, 0.25) is 0 Å². The number of Topliss-reactive ketones (excluding diaryl/α,β-unsaturated/α-hetero) is 2. The molecule has 146 valence electrons. The van der Waals surface area contributed by atoms with Gasteiger partial charge in [-0.15, -0.1) is 0 Å². The Bertz CT molecular complexity index is 767. The first kappa shape index (κ1) is 20.9. The Morgan fingerprint density at radius 2 is 1.18 bits per heavy atom. The normalized spacial score (nSPS) is 12.5. The van der Waals surface area contributed by atoms with Crippen LogP contribution in [0.5, 0.6) is 0 Å². The number of hydrogen-bond donors (Lipinski definition) is 0. The van der Waals surface area contributed by atoms with Crippen LogP contribution >= 0.6 is 0 Å². The van der Waals surface area contributed by atoms with E-state index in [1.165, 1.54) is 49.1 Å². The monoisotopic (exact) mass is 384 g/mol. The molecule has 2 heterocycles. The van der Waals surface area contributed by atoms with Crippen LogP contribution < -0.4 is 0 Å². The number of carbonyl (C=O) groups excluding carboxylic acids is 4. The SMILES string of the molecule is CCOC(=O)[C@H](C(=O)c1cccnc1)[C@@H](C(=O)OCC)C(=O)c1cccnc1. The molecular formula is C20H20N2O6. The van der Waals surface area contributed by atoms with Crippen molar-refractivity contribution < 1.29 is 28.7 Å². The van der Waals surface area contributed by atoms with Crippen molar-refractivity contribution >= 4 is 23.5 Å². The van der Waals surface area contributed by atoms with E-state index in [1.54, 1.807) is 13.8 Å². The summed E-state index contributed by atoms with van der Waals surface area (Å²) >= 11 is 0. The van der Waals surface area contributed by atoms with Gasteiger partial charge >= 0.3 is 11.9 Å². The van der Waals surface area contributed by atoms with Crippen molar-refractivity contribution in [2.24, 2.45) is 11.8 Å². The molecule has 0 spiro atoms. The van der Waals surface area contributed by atoms with Crippen LogP contribution in [0.15, 0.2) is 49.1 Å². The standard InChI is InChI=1S/C20H20N2O6/c1-3-27-19(25)15(17(23)13-7-5-9-21-11-13)16(20(26)28-4-2)18(24)14-8-6-10-22-12-14/h5-12,15-16H,3-4H2,1-2H3/t15-,16+. The van der Waals surface area contributed by atoms with Crippen molar-refractivity contribution in [3.8, 4) is 0 Å². The molecule has 2 aromatic heterocycles. The summed E-state index contributed by atoms with van der Waals surface area (Å²) in [6.45, 7) is 3.08. The molecule has 28 heavy (non-hydrogen) atoms. The maximum absolute atomic E-state index is 13.0. The third-order valence-corrected chi connectivity index (χ3v) is 3.87. The van der Waals surface area contributed by atoms with Gasteiger partial charge in [-0.25, -0.2) is 0 Å². The van der Waals surface area contributed by atoms with Crippen LogP contribution in [-0.2, 0) is 19.1 Å². The molecule has 0 fully saturated rings. The topological polar surface area (TPSA) is 113 Å². The van der Waals surface area contributed by atoms with Gasteiger partial charge in [-0.05, 0) is 38.1 Å². The van der Waals surface area contributed by atoms with Crippen LogP contribution in [0, 0.1) is 11.8 Å². The Balaban J connectivity index is 2.54. The van der Waals surface area contributed by atoms with Crippen LogP contribution in [0.1, 0.15) is 34.6 Å². The largest absolute Gasteiger partial charge is 0.465 e. The number of rotatable bonds is 9. The minimum absolute atomic E-state index is 0.0215. The number of esters is 2. The number of ether oxygens (including phenoxy) is 2. The summed E-state index contributed by atoms with van der Waals surface area (Å²) in [6, 6.07) is 5.91. The lowest BCUT2D eigenvalue weighted by molar-refractivity contribution is -0.156. The number of hydrogen-bond acceptors (Lipinski definition) is 8. The third-order valence-electron chi connectivity index (χ3n) is 3.87. The van der Waals surface area contributed by atoms with Crippen molar-refractivity contribution in [2.75, 3.05) is 13.2 Å². The summed E-state index contributed by atoms with van der Waals surface area (Å²) < 4.78 is 9.97. The molecule has 0 aliphatic carbocycles. The van der Waals surface area contributed by atoms with Gasteiger partial charge in [-0.3, -0.25) is 29.1 Å². The van der Waals surface area contributed by atoms with Gasteiger partial charge in [0.25, 0.3) is 0 Å². The van der Waals surface area contributed by atoms with Crippen LogP contribution in [0.4, 0.5) is 0 Å². The third kappa shape index (κ3) is 4.85. The first-order chi connectivity index (χ1) is 13.5. The summed E-state index contributed by atoms with van der Waals surface area (Å²) in [5.74, 6) is -6.85. The zero-order valence-corrected chi connectivity index (χ0v) is 15.5. The van der Waals surface area contributed by atoms with E-state index in [9.17, 15) is 19.2 Å². The lowest BCUT2D eigenvalue weighted by Gasteiger charge is -2.22. The molecule has 2 aromatic rings. The van der Waals surface area contributed by atoms with Gasteiger partial charge in [0.05, 0.1) is 13.2 Å². The molecule has 0 aliphatic rings. The summed E-state index contributed by atoms with van der Waals surface area (Å²) in [5, 5.41) is 0. The highest BCUT2D eigenvalue weighted by molar-refractivity contribution is 6.19. The fourth-order valence-corrected chi connectivity index (χ4v) is 2.63. The van der Waals surface area contributed by atoms with Gasteiger partial charge in [0, 0.05) is 35.9 Å². The van der Waals surface area contributed by atoms with Gasteiger partial charge in [-0.1, -0.05) is 0 Å². The van der Waals surface area contributed by atoms with Gasteiger partial charge < -0.3 is 9.47 Å². The molecule has 0 saturated carbocycles. The van der Waals surface area contributed by atoms with Crippen molar-refractivity contribution in [1.29, 1.82) is 0 Å². The first-order valence-electron chi connectivity index (χ1n) is 8.73. The zero-order chi connectivity index (χ0) is 20.5. The van der Waals surface area contributed by atoms with E-state index in [0.717, 1.165) is 0 Å². The van der Waals surface area contributed by atoms with Gasteiger partial charge in [0.1, 0.15) is 11.8 Å². The van der Waals surface area contributed by atoms with Gasteiger partial charge in [0.15, 0.2) is 11.6 Å². The fraction of sp³-hybridized carbons (Fsp3) is 0.300. The lowest BCUT2D eigenvalue weighted by atomic mass is 9.81. The second kappa shape index (κ2) is 10.1. The highest BCUT2D eigenvalue weighted by atomic mass is 16.5. The first-order valence-corrected chi connectivity index (χ1v) is 8.73. The van der Waals surface area contributed by atoms with Crippen molar-refractivity contribution in [2.45, 2.75) is 13.8 Å². The smallest absolute Gasteiger partial charge is 0.318 e. The second-order valence-electron chi connectivity index (χ2n) is 5.67. The molecule has 0 unspecified atom stereocenters. The predicted molar refractivity (Wildman–Crippen MR) is 97.4 cm³/mol. The van der Waals surface area contributed by atoms with Crippen LogP contribution in [-0.4, -0.2) is 46.7 Å². The van der Waals surface area contributed by atoms with E-state index in [2.05, 4.69) is 9.97 Å². The van der Waals surface area contributed by atoms with Crippen LogP contribution in [0.2, 0.25) is 0 Å². The Kier molecular flexibility index (Phi) is 7.50. The predicted octanol–water partition coefficient (Wildman–Crippen LogP) is 1.90. The highest BCUT2D eigenvalue weighted by Crippen LogP contribution is 2.25. The maximum atomic E-state index is 13.0. The van der Waals surface area contributed by atoms with E-state index >= 15 is 0 Å². The molecule has 0 radical (unpaired) electrons. The van der Waals surface area contributed by atoms with Crippen molar-refractivity contribution in [3.63, 3.8) is 0 Å². The molecule has 0 amide bonds. The lowest BCUT2D eigenvalue weighted by Crippen LogP contribution is -2.42. The molecule has 0 aromatic carbocycles. The molecular weight excluding hydrogens is 364 g/mol. The molecule has 8 nitrogen and oxygen atoms in total. The molecule has 0 N–H and O–H groups in total. The minimum atomic E-state index is -1.70. The summed E-state index contributed by atoms with van der Waals surface area (Å²) in [7, 11) is 0. The van der Waals surface area contributed by atoms with E-state index in [0.29, 0.717) is 0 Å². The Hall–Kier alpha value is -3.42. The Morgan fingerprint density at radius 3 is 1.46 bits per heavy atom.